The summed E-state index contributed by atoms with van der Waals surface area (Å²) in [6, 6.07) is 12.4. The predicted octanol–water partition coefficient (Wildman–Crippen LogP) is 7.57. The van der Waals surface area contributed by atoms with Crippen molar-refractivity contribution in [3.63, 3.8) is 0 Å². The molecular formula is C31H40O6. The number of hydrogen-bond acceptors (Lipinski definition) is 6. The van der Waals surface area contributed by atoms with Gasteiger partial charge in [0.25, 0.3) is 0 Å². The van der Waals surface area contributed by atoms with Gasteiger partial charge in [0, 0.05) is 0 Å². The van der Waals surface area contributed by atoms with Crippen LogP contribution in [-0.2, 0) is 9.47 Å². The molecule has 0 heterocycles. The lowest BCUT2D eigenvalue weighted by Gasteiger charge is -2.10. The van der Waals surface area contributed by atoms with Crippen LogP contribution in [0, 0.1) is 5.92 Å². The Hall–Kier alpha value is -3.41. The molecule has 0 N–H and O–H groups in total. The van der Waals surface area contributed by atoms with Crippen LogP contribution in [0.25, 0.3) is 0 Å². The van der Waals surface area contributed by atoms with Gasteiger partial charge in [-0.1, -0.05) is 58.4 Å². The maximum absolute atomic E-state index is 12.5. The smallest absolute Gasteiger partial charge is 0.343 e. The van der Waals surface area contributed by atoms with Crippen molar-refractivity contribution in [1.82, 2.24) is 0 Å². The Morgan fingerprint density at radius 3 is 1.78 bits per heavy atom. The molecule has 0 aliphatic rings. The summed E-state index contributed by atoms with van der Waals surface area (Å²) in [6.45, 7) is 8.55. The third-order valence-corrected chi connectivity index (χ3v) is 6.14. The summed E-state index contributed by atoms with van der Waals surface area (Å²) in [4.78, 5) is 36.8. The number of hydrogen-bond donors (Lipinski definition) is 0. The van der Waals surface area contributed by atoms with Crippen LogP contribution in [0.2, 0.25) is 0 Å². The monoisotopic (exact) mass is 508 g/mol. The lowest BCUT2D eigenvalue weighted by molar-refractivity contribution is 0.0445. The molecule has 2 aromatic carbocycles. The molecule has 0 aliphatic heterocycles. The summed E-state index contributed by atoms with van der Waals surface area (Å²) in [6.07, 6.45) is 11.9. The molecule has 6 nitrogen and oxygen atoms in total. The van der Waals surface area contributed by atoms with Crippen molar-refractivity contribution in [3.8, 4) is 5.75 Å². The normalized spacial score (nSPS) is 11.4. The van der Waals surface area contributed by atoms with Crippen LogP contribution in [0.5, 0.6) is 5.75 Å². The summed E-state index contributed by atoms with van der Waals surface area (Å²) in [7, 11) is 0. The standard InChI is InChI=1S/C31H40O6/c1-4-6-7-8-9-10-11-12-13-22-35-29(32)25-14-16-27(17-15-25)31(34)37-28-20-18-26(19-21-28)30(33)36-23-24(3)5-2/h4,14-21,24H,1,5-13,22-23H2,2-3H3/t24-/m1/s1. The molecule has 0 radical (unpaired) electrons. The van der Waals surface area contributed by atoms with E-state index in [1.165, 1.54) is 37.8 Å². The molecule has 2 aromatic rings. The van der Waals surface area contributed by atoms with E-state index in [9.17, 15) is 14.4 Å². The van der Waals surface area contributed by atoms with Gasteiger partial charge in [0.1, 0.15) is 5.75 Å². The highest BCUT2D eigenvalue weighted by molar-refractivity contribution is 5.94. The van der Waals surface area contributed by atoms with Crippen LogP contribution in [0.3, 0.4) is 0 Å². The molecule has 0 fully saturated rings. The van der Waals surface area contributed by atoms with E-state index in [1.54, 1.807) is 36.4 Å². The van der Waals surface area contributed by atoms with Gasteiger partial charge in [0.2, 0.25) is 0 Å². The van der Waals surface area contributed by atoms with Crippen LogP contribution in [0.1, 0.15) is 103 Å². The number of ether oxygens (including phenoxy) is 3. The predicted molar refractivity (Wildman–Crippen MR) is 145 cm³/mol. The van der Waals surface area contributed by atoms with Crippen LogP contribution in [0.4, 0.5) is 0 Å². The maximum Gasteiger partial charge on any atom is 0.343 e. The Bertz CT molecular complexity index is 978. The van der Waals surface area contributed by atoms with Gasteiger partial charge in [0.05, 0.1) is 29.9 Å². The van der Waals surface area contributed by atoms with Crippen molar-refractivity contribution in [1.29, 1.82) is 0 Å². The number of carbonyl (C=O) groups excluding carboxylic acids is 3. The number of carbonyl (C=O) groups is 3. The summed E-state index contributed by atoms with van der Waals surface area (Å²) in [5.74, 6) is -0.759. The van der Waals surface area contributed by atoms with Crippen molar-refractivity contribution in [3.05, 3.63) is 77.9 Å². The molecular weight excluding hydrogens is 468 g/mol. The number of rotatable bonds is 17. The topological polar surface area (TPSA) is 78.9 Å². The fraction of sp³-hybridized carbons (Fsp3) is 0.452. The minimum Gasteiger partial charge on any atom is -0.462 e. The molecule has 6 heteroatoms. The fourth-order valence-corrected chi connectivity index (χ4v) is 3.51. The molecule has 2 rings (SSSR count). The van der Waals surface area contributed by atoms with Gasteiger partial charge in [-0.05, 0) is 73.7 Å². The second-order valence-corrected chi connectivity index (χ2v) is 9.29. The summed E-state index contributed by atoms with van der Waals surface area (Å²) in [5, 5.41) is 0. The van der Waals surface area contributed by atoms with Crippen LogP contribution in [-0.4, -0.2) is 31.1 Å². The van der Waals surface area contributed by atoms with Gasteiger partial charge in [-0.25, -0.2) is 14.4 Å². The molecule has 0 aromatic heterocycles. The van der Waals surface area contributed by atoms with Gasteiger partial charge in [-0.2, -0.15) is 0 Å². The van der Waals surface area contributed by atoms with Gasteiger partial charge < -0.3 is 14.2 Å². The van der Waals surface area contributed by atoms with E-state index < -0.39 is 17.9 Å². The molecule has 200 valence electrons. The molecule has 0 unspecified atom stereocenters. The highest BCUT2D eigenvalue weighted by atomic mass is 16.5. The lowest BCUT2D eigenvalue weighted by atomic mass is 10.1. The first-order chi connectivity index (χ1) is 17.9. The van der Waals surface area contributed by atoms with Crippen LogP contribution >= 0.6 is 0 Å². The Labute approximate surface area is 221 Å². The van der Waals surface area contributed by atoms with E-state index >= 15 is 0 Å². The Kier molecular flexibility index (Phi) is 13.8. The second kappa shape index (κ2) is 17.1. The Morgan fingerprint density at radius 2 is 1.22 bits per heavy atom. The summed E-state index contributed by atoms with van der Waals surface area (Å²) in [5.41, 5.74) is 1.09. The van der Waals surface area contributed by atoms with E-state index in [0.717, 1.165) is 32.1 Å². The van der Waals surface area contributed by atoms with Crippen molar-refractivity contribution in [2.45, 2.75) is 71.6 Å². The first kappa shape index (κ1) is 29.8. The number of allylic oxidation sites excluding steroid dienone is 1. The van der Waals surface area contributed by atoms with Gasteiger partial charge >= 0.3 is 17.9 Å². The van der Waals surface area contributed by atoms with E-state index in [2.05, 4.69) is 6.58 Å². The minimum absolute atomic E-state index is 0.301. The van der Waals surface area contributed by atoms with Crippen molar-refractivity contribution in [2.24, 2.45) is 5.92 Å². The Balaban J connectivity index is 1.71. The zero-order valence-electron chi connectivity index (χ0n) is 22.2. The number of unbranched alkanes of at least 4 members (excludes halogenated alkanes) is 7. The number of esters is 3. The fourth-order valence-electron chi connectivity index (χ4n) is 3.51. The molecule has 37 heavy (non-hydrogen) atoms. The van der Waals surface area contributed by atoms with Crippen molar-refractivity contribution < 1.29 is 28.6 Å². The summed E-state index contributed by atoms with van der Waals surface area (Å²) < 4.78 is 16.0. The second-order valence-electron chi connectivity index (χ2n) is 9.29. The highest BCUT2D eigenvalue weighted by Gasteiger charge is 2.13. The zero-order chi connectivity index (χ0) is 26.9. The van der Waals surface area contributed by atoms with Gasteiger partial charge in [-0.3, -0.25) is 0 Å². The molecule has 0 amide bonds. The molecule has 0 aliphatic carbocycles. The lowest BCUT2D eigenvalue weighted by Crippen LogP contribution is -2.12. The van der Waals surface area contributed by atoms with E-state index in [1.807, 2.05) is 19.9 Å². The largest absolute Gasteiger partial charge is 0.462 e. The SMILES string of the molecule is C=CCCCCCCCCCOC(=O)c1ccc(C(=O)Oc2ccc(C(=O)OC[C@H](C)CC)cc2)cc1. The molecule has 0 bridgehead atoms. The molecule has 0 saturated carbocycles. The Morgan fingerprint density at radius 1 is 0.730 bits per heavy atom. The number of benzene rings is 2. The van der Waals surface area contributed by atoms with E-state index in [4.69, 9.17) is 14.2 Å². The molecule has 1 atom stereocenters. The quantitative estimate of drug-likeness (QED) is 0.0949. The summed E-state index contributed by atoms with van der Waals surface area (Å²) >= 11 is 0. The first-order valence-corrected chi connectivity index (χ1v) is 13.3. The third-order valence-electron chi connectivity index (χ3n) is 6.14. The van der Waals surface area contributed by atoms with E-state index in [0.29, 0.717) is 41.6 Å². The molecule has 0 saturated heterocycles. The van der Waals surface area contributed by atoms with Crippen LogP contribution < -0.4 is 4.74 Å². The van der Waals surface area contributed by atoms with Gasteiger partial charge in [-0.15, -0.1) is 6.58 Å². The maximum atomic E-state index is 12.5. The third kappa shape index (κ3) is 11.5. The van der Waals surface area contributed by atoms with Crippen molar-refractivity contribution in [2.75, 3.05) is 13.2 Å². The average Bonchev–Trinajstić information content (AvgIpc) is 2.92. The minimum atomic E-state index is -0.559. The zero-order valence-corrected chi connectivity index (χ0v) is 22.2. The van der Waals surface area contributed by atoms with Crippen LogP contribution in [0.15, 0.2) is 61.2 Å². The first-order valence-electron chi connectivity index (χ1n) is 13.3. The average molecular weight is 509 g/mol. The van der Waals surface area contributed by atoms with E-state index in [-0.39, 0.29) is 0 Å². The van der Waals surface area contributed by atoms with Crippen molar-refractivity contribution >= 4 is 17.9 Å². The van der Waals surface area contributed by atoms with Gasteiger partial charge in [0.15, 0.2) is 0 Å². The highest BCUT2D eigenvalue weighted by Crippen LogP contribution is 2.16. The molecule has 0 spiro atoms.